The van der Waals surface area contributed by atoms with Gasteiger partial charge in [-0.1, -0.05) is 0 Å². The molecule has 0 fully saturated rings. The average Bonchev–Trinajstić information content (AvgIpc) is 2.49. The van der Waals surface area contributed by atoms with Crippen molar-refractivity contribution in [2.45, 2.75) is 13.1 Å². The lowest BCUT2D eigenvalue weighted by Gasteiger charge is -2.28. The lowest BCUT2D eigenvalue weighted by molar-refractivity contribution is -0.200. The highest BCUT2D eigenvalue weighted by Crippen LogP contribution is 2.43. The van der Waals surface area contributed by atoms with Gasteiger partial charge in [-0.15, -0.1) is 5.53 Å². The quantitative estimate of drug-likeness (QED) is 0.291. The molecule has 6 nitrogen and oxygen atoms in total. The highest BCUT2D eigenvalue weighted by atomic mass is 19.4. The molecular formula is C6H9F3N6. The summed E-state index contributed by atoms with van der Waals surface area (Å²) in [6.07, 6.45) is -3.19. The van der Waals surface area contributed by atoms with Gasteiger partial charge in [-0.2, -0.15) is 23.6 Å². The Labute approximate surface area is 83.1 Å². The Hall–Kier alpha value is -1.76. The number of rotatable bonds is 3. The van der Waals surface area contributed by atoms with Gasteiger partial charge in [0.25, 0.3) is 0 Å². The summed E-state index contributed by atoms with van der Waals surface area (Å²) in [5, 5.41) is 5.34. The number of hydrazine groups is 1. The monoisotopic (exact) mass is 222 g/mol. The van der Waals surface area contributed by atoms with Crippen LogP contribution in [-0.4, -0.2) is 12.7 Å². The third-order valence-electron chi connectivity index (χ3n) is 2.21. The van der Waals surface area contributed by atoms with Gasteiger partial charge in [0, 0.05) is 18.0 Å². The number of hydrogen-bond acceptors (Lipinski definition) is 3. The molecule has 0 aromatic rings. The fourth-order valence-corrected chi connectivity index (χ4v) is 1.15. The summed E-state index contributed by atoms with van der Waals surface area (Å²) < 4.78 is 38.0. The number of nitrogens with one attached hydrogen (secondary N) is 3. The molecule has 1 atom stereocenters. The van der Waals surface area contributed by atoms with E-state index >= 15 is 0 Å². The zero-order chi connectivity index (χ0) is 11.5. The Morgan fingerprint density at radius 3 is 2.87 bits per heavy atom. The normalized spacial score (nSPS) is 24.9. The van der Waals surface area contributed by atoms with Gasteiger partial charge in [-0.3, -0.25) is 0 Å². The van der Waals surface area contributed by atoms with Crippen LogP contribution in [0.4, 0.5) is 13.2 Å². The minimum atomic E-state index is -4.38. The van der Waals surface area contributed by atoms with Crippen molar-refractivity contribution in [3.8, 4) is 0 Å². The summed E-state index contributed by atoms with van der Waals surface area (Å²) in [5.41, 5.74) is 9.94. The van der Waals surface area contributed by atoms with Gasteiger partial charge in [0.05, 0.1) is 5.70 Å². The molecule has 3 N–H and O–H groups in total. The Bertz CT molecular complexity index is 317. The first-order valence-corrected chi connectivity index (χ1v) is 3.98. The zero-order valence-corrected chi connectivity index (χ0v) is 7.76. The molecule has 0 saturated heterocycles. The maximum atomic E-state index is 12.7. The summed E-state index contributed by atoms with van der Waals surface area (Å²) in [7, 11) is 0. The van der Waals surface area contributed by atoms with Crippen molar-refractivity contribution in [1.82, 2.24) is 16.3 Å². The van der Waals surface area contributed by atoms with Crippen molar-refractivity contribution in [3.63, 3.8) is 0 Å². The number of nitrogens with zero attached hydrogens (tertiary/aromatic N) is 3. The van der Waals surface area contributed by atoms with Gasteiger partial charge in [0.15, 0.2) is 0 Å². The van der Waals surface area contributed by atoms with Crippen LogP contribution in [0.1, 0.15) is 6.92 Å². The van der Waals surface area contributed by atoms with E-state index < -0.39 is 11.6 Å². The van der Waals surface area contributed by atoms with Crippen molar-refractivity contribution in [2.24, 2.45) is 10.6 Å². The molecule has 1 aliphatic heterocycles. The van der Waals surface area contributed by atoms with Crippen LogP contribution in [0.25, 0.3) is 10.4 Å². The lowest BCUT2D eigenvalue weighted by Crippen LogP contribution is -2.45. The molecule has 0 spiro atoms. The van der Waals surface area contributed by atoms with Crippen molar-refractivity contribution < 1.29 is 13.2 Å². The third-order valence-corrected chi connectivity index (χ3v) is 2.21. The van der Waals surface area contributed by atoms with E-state index in [1.54, 1.807) is 0 Å². The first-order chi connectivity index (χ1) is 6.92. The van der Waals surface area contributed by atoms with Gasteiger partial charge in [-0.05, 0) is 6.92 Å². The maximum absolute atomic E-state index is 12.7. The predicted octanol–water partition coefficient (Wildman–Crippen LogP) is 1.32. The number of halogens is 3. The Morgan fingerprint density at radius 1 is 1.67 bits per heavy atom. The van der Waals surface area contributed by atoms with Crippen molar-refractivity contribution in [1.29, 1.82) is 0 Å². The second-order valence-electron chi connectivity index (χ2n) is 3.20. The van der Waals surface area contributed by atoms with Gasteiger partial charge in [0.2, 0.25) is 0 Å². The molecule has 0 bridgehead atoms. The minimum absolute atomic E-state index is 0.123. The van der Waals surface area contributed by atoms with Crippen molar-refractivity contribution >= 4 is 0 Å². The molecule has 0 aromatic heterocycles. The van der Waals surface area contributed by atoms with E-state index in [2.05, 4.69) is 20.9 Å². The summed E-state index contributed by atoms with van der Waals surface area (Å²) in [4.78, 5) is 2.33. The fraction of sp³-hybridized carbons (Fsp3) is 0.667. The van der Waals surface area contributed by atoms with E-state index in [0.29, 0.717) is 0 Å². The number of alkyl halides is 3. The van der Waals surface area contributed by atoms with Gasteiger partial charge in [-0.25, -0.2) is 5.43 Å². The lowest BCUT2D eigenvalue weighted by atomic mass is 9.88. The topological polar surface area (TPSA) is 84.8 Å². The summed E-state index contributed by atoms with van der Waals surface area (Å²) >= 11 is 0. The van der Waals surface area contributed by atoms with E-state index in [1.807, 2.05) is 5.53 Å². The van der Waals surface area contributed by atoms with E-state index in [9.17, 15) is 13.2 Å². The zero-order valence-electron chi connectivity index (χ0n) is 7.76. The molecule has 0 saturated carbocycles. The largest absolute Gasteiger partial charge is 0.401 e. The number of azide groups is 1. The Morgan fingerprint density at radius 2 is 2.33 bits per heavy atom. The molecule has 0 aromatic carbocycles. The molecule has 9 heteroatoms. The molecule has 1 rings (SSSR count). The van der Waals surface area contributed by atoms with Crippen LogP contribution in [0.15, 0.2) is 17.1 Å². The highest BCUT2D eigenvalue weighted by Gasteiger charge is 2.56. The molecule has 0 radical (unpaired) electrons. The smallest absolute Gasteiger partial charge is 0.388 e. The van der Waals surface area contributed by atoms with Gasteiger partial charge in [0.1, 0.15) is 5.41 Å². The number of hydrogen-bond donors (Lipinski definition) is 3. The molecular weight excluding hydrogens is 213 g/mol. The van der Waals surface area contributed by atoms with Crippen molar-refractivity contribution in [2.75, 3.05) is 6.54 Å². The molecule has 1 heterocycles. The van der Waals surface area contributed by atoms with Gasteiger partial charge >= 0.3 is 6.18 Å². The first kappa shape index (κ1) is 11.3. The molecule has 15 heavy (non-hydrogen) atoms. The summed E-state index contributed by atoms with van der Waals surface area (Å²) in [5.74, 6) is 0. The summed E-state index contributed by atoms with van der Waals surface area (Å²) in [6, 6.07) is 0. The highest BCUT2D eigenvalue weighted by molar-refractivity contribution is 5.19. The first-order valence-electron chi connectivity index (χ1n) is 3.98. The van der Waals surface area contributed by atoms with Crippen LogP contribution >= 0.6 is 0 Å². The predicted molar refractivity (Wildman–Crippen MR) is 45.7 cm³/mol. The summed E-state index contributed by atoms with van der Waals surface area (Å²) in [6.45, 7) is 0.792. The Balaban J connectivity index is 2.75. The second-order valence-corrected chi connectivity index (χ2v) is 3.20. The van der Waals surface area contributed by atoms with Crippen LogP contribution in [0.3, 0.4) is 0 Å². The SMILES string of the molecule is CC1(C(F)(F)F)CNC=C1NNN=[N+]=[N-]. The van der Waals surface area contributed by atoms with Gasteiger partial charge < -0.3 is 5.32 Å². The molecule has 1 unspecified atom stereocenters. The molecule has 0 amide bonds. The fourth-order valence-electron chi connectivity index (χ4n) is 1.15. The third kappa shape index (κ3) is 2.01. The standard InChI is InChI=1S/C6H9F3N6/c1-5(6(7,8)9)3-11-2-4(5)12-14-15-13-10/h2,11-12,14H,3H2,1H3. The Kier molecular flexibility index (Phi) is 2.85. The average molecular weight is 222 g/mol. The van der Waals surface area contributed by atoms with E-state index in [1.165, 1.54) is 6.20 Å². The van der Waals surface area contributed by atoms with Crippen LogP contribution in [0.5, 0.6) is 0 Å². The second kappa shape index (κ2) is 3.77. The molecule has 1 aliphatic rings. The van der Waals surface area contributed by atoms with Crippen LogP contribution in [0, 0.1) is 5.41 Å². The molecule has 84 valence electrons. The van der Waals surface area contributed by atoms with E-state index in [-0.39, 0.29) is 12.2 Å². The van der Waals surface area contributed by atoms with Crippen LogP contribution < -0.4 is 16.3 Å². The minimum Gasteiger partial charge on any atom is -0.388 e. The molecule has 0 aliphatic carbocycles. The maximum Gasteiger partial charge on any atom is 0.401 e. The van der Waals surface area contributed by atoms with E-state index in [0.717, 1.165) is 6.92 Å². The van der Waals surface area contributed by atoms with E-state index in [4.69, 9.17) is 5.53 Å². The van der Waals surface area contributed by atoms with Crippen molar-refractivity contribution in [3.05, 3.63) is 22.3 Å². The van der Waals surface area contributed by atoms with Crippen LogP contribution in [0.2, 0.25) is 0 Å². The van der Waals surface area contributed by atoms with Crippen LogP contribution in [-0.2, 0) is 0 Å².